The molecule has 0 radical (unpaired) electrons. The number of rotatable bonds is 6. The number of sulfonamides is 1. The van der Waals surface area contributed by atoms with Crippen molar-refractivity contribution in [2.24, 2.45) is 5.92 Å². The van der Waals surface area contributed by atoms with Gasteiger partial charge in [-0.25, -0.2) is 13.1 Å². The van der Waals surface area contributed by atoms with Crippen LogP contribution in [-0.4, -0.2) is 31.1 Å². The van der Waals surface area contributed by atoms with Crippen LogP contribution in [0.1, 0.15) is 12.8 Å². The van der Waals surface area contributed by atoms with Gasteiger partial charge in [0, 0.05) is 6.54 Å². The zero-order chi connectivity index (χ0) is 15.8. The first-order valence-electron chi connectivity index (χ1n) is 6.04. The number of aliphatic hydroxyl groups is 1. The molecule has 2 rings (SSSR count). The van der Waals surface area contributed by atoms with Crippen LogP contribution in [0.25, 0.3) is 0 Å². The summed E-state index contributed by atoms with van der Waals surface area (Å²) in [6.45, 7) is -0.167. The summed E-state index contributed by atoms with van der Waals surface area (Å²) in [5.41, 5.74) is -0.663. The molecule has 2 N–H and O–H groups in total. The number of nitro benzene ring substituents is 1. The molecule has 21 heavy (non-hydrogen) atoms. The van der Waals surface area contributed by atoms with Crippen LogP contribution in [-0.2, 0) is 10.0 Å². The maximum atomic E-state index is 12.1. The fourth-order valence-corrected chi connectivity index (χ4v) is 3.76. The summed E-state index contributed by atoms with van der Waals surface area (Å²) < 4.78 is 26.4. The van der Waals surface area contributed by atoms with Crippen molar-refractivity contribution in [1.29, 1.82) is 0 Å². The number of nitrogens with one attached hydrogen (secondary N) is 1. The van der Waals surface area contributed by atoms with E-state index < -0.39 is 36.7 Å². The lowest BCUT2D eigenvalue weighted by Gasteiger charge is -2.12. The van der Waals surface area contributed by atoms with Crippen LogP contribution in [0, 0.1) is 16.0 Å². The van der Waals surface area contributed by atoms with E-state index in [1.807, 2.05) is 0 Å². The van der Waals surface area contributed by atoms with Crippen LogP contribution in [0.5, 0.6) is 0 Å². The summed E-state index contributed by atoms with van der Waals surface area (Å²) in [7, 11) is -4.07. The Hall–Kier alpha value is -0.930. The van der Waals surface area contributed by atoms with Crippen molar-refractivity contribution in [3.8, 4) is 0 Å². The van der Waals surface area contributed by atoms with E-state index in [9.17, 15) is 23.6 Å². The van der Waals surface area contributed by atoms with Gasteiger partial charge in [0.1, 0.15) is 14.9 Å². The molecular formula is C11H12Cl2N2O5S. The number of benzene rings is 1. The molecule has 1 saturated carbocycles. The maximum Gasteiger partial charge on any atom is 0.307 e. The Labute approximate surface area is 131 Å². The number of nitrogens with zero attached hydrogens (tertiary/aromatic N) is 1. The Morgan fingerprint density at radius 3 is 2.57 bits per heavy atom. The minimum absolute atomic E-state index is 0.0997. The molecule has 1 unspecified atom stereocenters. The summed E-state index contributed by atoms with van der Waals surface area (Å²) in [4.78, 5) is 9.58. The number of hydrogen-bond acceptors (Lipinski definition) is 5. The lowest BCUT2D eigenvalue weighted by atomic mass is 10.2. The Balaban J connectivity index is 2.27. The summed E-state index contributed by atoms with van der Waals surface area (Å²) in [5, 5.41) is 19.7. The first-order valence-corrected chi connectivity index (χ1v) is 8.28. The molecule has 0 amide bonds. The molecule has 10 heteroatoms. The Kier molecular flexibility index (Phi) is 4.74. The largest absolute Gasteiger partial charge is 0.391 e. The highest BCUT2D eigenvalue weighted by atomic mass is 35.5. The summed E-state index contributed by atoms with van der Waals surface area (Å²) >= 11 is 11.4. The third-order valence-corrected chi connectivity index (χ3v) is 5.42. The van der Waals surface area contributed by atoms with Crippen LogP contribution in [0.3, 0.4) is 0 Å². The normalized spacial score (nSPS) is 16.7. The van der Waals surface area contributed by atoms with E-state index in [2.05, 4.69) is 4.72 Å². The van der Waals surface area contributed by atoms with Crippen molar-refractivity contribution in [2.75, 3.05) is 6.54 Å². The quantitative estimate of drug-likeness (QED) is 0.599. The van der Waals surface area contributed by atoms with Crippen LogP contribution >= 0.6 is 23.2 Å². The molecule has 0 spiro atoms. The fourth-order valence-electron chi connectivity index (χ4n) is 1.82. The van der Waals surface area contributed by atoms with E-state index in [1.54, 1.807) is 0 Å². The molecule has 1 aromatic carbocycles. The van der Waals surface area contributed by atoms with E-state index in [0.717, 1.165) is 25.0 Å². The highest BCUT2D eigenvalue weighted by molar-refractivity contribution is 7.89. The monoisotopic (exact) mass is 354 g/mol. The van der Waals surface area contributed by atoms with Gasteiger partial charge in [-0.2, -0.15) is 0 Å². The highest BCUT2D eigenvalue weighted by Gasteiger charge is 2.32. The first kappa shape index (κ1) is 16.4. The molecule has 1 atom stereocenters. The van der Waals surface area contributed by atoms with Crippen LogP contribution < -0.4 is 4.72 Å². The molecule has 1 aromatic rings. The van der Waals surface area contributed by atoms with Crippen molar-refractivity contribution < 1.29 is 18.4 Å². The molecule has 1 aliphatic carbocycles. The van der Waals surface area contributed by atoms with Crippen molar-refractivity contribution in [3.63, 3.8) is 0 Å². The van der Waals surface area contributed by atoms with Crippen LogP contribution in [0.15, 0.2) is 17.0 Å². The van der Waals surface area contributed by atoms with E-state index in [4.69, 9.17) is 23.2 Å². The second kappa shape index (κ2) is 6.05. The van der Waals surface area contributed by atoms with Crippen LogP contribution in [0.4, 0.5) is 5.69 Å². The minimum atomic E-state index is -4.07. The molecule has 116 valence electrons. The van der Waals surface area contributed by atoms with Gasteiger partial charge >= 0.3 is 5.69 Å². The minimum Gasteiger partial charge on any atom is -0.391 e. The topological polar surface area (TPSA) is 110 Å². The molecule has 1 aliphatic rings. The molecule has 0 bridgehead atoms. The van der Waals surface area contributed by atoms with E-state index >= 15 is 0 Å². The van der Waals surface area contributed by atoms with Crippen molar-refractivity contribution in [1.82, 2.24) is 4.72 Å². The van der Waals surface area contributed by atoms with Gasteiger partial charge in [-0.1, -0.05) is 23.2 Å². The van der Waals surface area contributed by atoms with Gasteiger partial charge in [-0.05, 0) is 30.9 Å². The third kappa shape index (κ3) is 3.64. The number of aliphatic hydroxyl groups excluding tert-OH is 1. The lowest BCUT2D eigenvalue weighted by molar-refractivity contribution is -0.384. The number of halogens is 2. The molecule has 1 fully saturated rings. The van der Waals surface area contributed by atoms with E-state index in [1.165, 1.54) is 0 Å². The smallest absolute Gasteiger partial charge is 0.307 e. The molecule has 0 aromatic heterocycles. The third-order valence-electron chi connectivity index (χ3n) is 3.15. The predicted octanol–water partition coefficient (Wildman–Crippen LogP) is 1.95. The van der Waals surface area contributed by atoms with Gasteiger partial charge in [0.2, 0.25) is 10.0 Å². The van der Waals surface area contributed by atoms with Crippen LogP contribution in [0.2, 0.25) is 10.0 Å². The first-order chi connectivity index (χ1) is 9.74. The Morgan fingerprint density at radius 1 is 1.43 bits per heavy atom. The van der Waals surface area contributed by atoms with E-state index in [-0.39, 0.29) is 17.5 Å². The summed E-state index contributed by atoms with van der Waals surface area (Å²) in [5.74, 6) is 0.0997. The zero-order valence-corrected chi connectivity index (χ0v) is 13.0. The predicted molar refractivity (Wildman–Crippen MR) is 77.0 cm³/mol. The zero-order valence-electron chi connectivity index (χ0n) is 10.6. The van der Waals surface area contributed by atoms with Crippen molar-refractivity contribution >= 4 is 38.9 Å². The number of hydrogen-bond donors (Lipinski definition) is 2. The van der Waals surface area contributed by atoms with E-state index in [0.29, 0.717) is 0 Å². The van der Waals surface area contributed by atoms with Gasteiger partial charge < -0.3 is 5.11 Å². The highest BCUT2D eigenvalue weighted by Crippen LogP contribution is 2.37. The molecular weight excluding hydrogens is 343 g/mol. The Morgan fingerprint density at radius 2 is 2.05 bits per heavy atom. The average molecular weight is 355 g/mol. The average Bonchev–Trinajstić information content (AvgIpc) is 3.19. The second-order valence-electron chi connectivity index (χ2n) is 4.72. The molecule has 0 saturated heterocycles. The fraction of sp³-hybridized carbons (Fsp3) is 0.455. The van der Waals surface area contributed by atoms with Gasteiger partial charge in [0.25, 0.3) is 0 Å². The van der Waals surface area contributed by atoms with Crippen molar-refractivity contribution in [2.45, 2.75) is 23.8 Å². The number of nitro groups is 1. The van der Waals surface area contributed by atoms with Gasteiger partial charge in [0.05, 0.1) is 11.0 Å². The second-order valence-corrected chi connectivity index (χ2v) is 7.24. The summed E-state index contributed by atoms with van der Waals surface area (Å²) in [6, 6.07) is 2.18. The van der Waals surface area contributed by atoms with Gasteiger partial charge in [-0.3, -0.25) is 10.1 Å². The molecule has 0 aliphatic heterocycles. The van der Waals surface area contributed by atoms with Gasteiger partial charge in [-0.15, -0.1) is 0 Å². The maximum absolute atomic E-state index is 12.1. The molecule has 0 heterocycles. The Bertz CT molecular complexity index is 675. The van der Waals surface area contributed by atoms with Gasteiger partial charge in [0.15, 0.2) is 0 Å². The van der Waals surface area contributed by atoms with Crippen molar-refractivity contribution in [3.05, 3.63) is 32.3 Å². The summed E-state index contributed by atoms with van der Waals surface area (Å²) in [6.07, 6.45) is 0.937. The SMILES string of the molecule is O=[N+]([O-])c1c(Cl)ccc(S(=O)(=O)NCC(O)C2CC2)c1Cl. The lowest BCUT2D eigenvalue weighted by Crippen LogP contribution is -2.33. The standard InChI is InChI=1S/C11H12Cl2N2O5S/c12-7-3-4-9(10(13)11(7)15(17)18)21(19,20)14-5-8(16)6-1-2-6/h3-4,6,8,14,16H,1-2,5H2. The molecule has 7 nitrogen and oxygen atoms in total.